The average Bonchev–Trinajstić information content (AvgIpc) is 2.59. The van der Waals surface area contributed by atoms with Crippen molar-refractivity contribution in [1.29, 1.82) is 0 Å². The maximum absolute atomic E-state index is 5.65. The number of aromatic amines is 1. The molecule has 4 nitrogen and oxygen atoms in total. The Kier molecular flexibility index (Phi) is 5.94. The van der Waals surface area contributed by atoms with E-state index in [1.54, 1.807) is 6.20 Å². The summed E-state index contributed by atoms with van der Waals surface area (Å²) in [5.74, 6) is 0. The van der Waals surface area contributed by atoms with Gasteiger partial charge >= 0.3 is 0 Å². The number of H-pyrrole nitrogens is 1. The second kappa shape index (κ2) is 8.19. The summed E-state index contributed by atoms with van der Waals surface area (Å²) in [6, 6.07) is 14.5. The second-order valence-corrected chi connectivity index (χ2v) is 4.94. The fourth-order valence-corrected chi connectivity index (χ4v) is 1.98. The molecule has 4 N–H and O–H groups in total. The first kappa shape index (κ1) is 15.2. The fraction of sp³-hybridized carbons (Fsp3) is 0.235. The van der Waals surface area contributed by atoms with E-state index in [1.807, 2.05) is 25.3 Å². The molecule has 1 aromatic carbocycles. The van der Waals surface area contributed by atoms with Gasteiger partial charge in [-0.15, -0.1) is 0 Å². The molecule has 0 aliphatic carbocycles. The van der Waals surface area contributed by atoms with E-state index >= 15 is 0 Å². The van der Waals surface area contributed by atoms with Gasteiger partial charge in [0.25, 0.3) is 0 Å². The van der Waals surface area contributed by atoms with Crippen molar-refractivity contribution in [2.75, 3.05) is 0 Å². The van der Waals surface area contributed by atoms with Gasteiger partial charge < -0.3 is 16.0 Å². The Morgan fingerprint density at radius 2 is 1.76 bits per heavy atom. The van der Waals surface area contributed by atoms with Crippen molar-refractivity contribution in [3.63, 3.8) is 0 Å². The lowest BCUT2D eigenvalue weighted by molar-refractivity contribution is 0.692. The molecule has 0 saturated carbocycles. The van der Waals surface area contributed by atoms with Gasteiger partial charge in [-0.1, -0.05) is 36.4 Å². The smallest absolute Gasteiger partial charge is 0.0474 e. The molecule has 2 rings (SSSR count). The third-order valence-electron chi connectivity index (χ3n) is 3.10. The van der Waals surface area contributed by atoms with Gasteiger partial charge in [0.05, 0.1) is 0 Å². The number of aryl methyl sites for hydroxylation is 1. The lowest BCUT2D eigenvalue weighted by Crippen LogP contribution is -2.12. The number of nitrogens with zero attached hydrogens (tertiary/aromatic N) is 1. The van der Waals surface area contributed by atoms with E-state index < -0.39 is 0 Å². The predicted molar refractivity (Wildman–Crippen MR) is 85.8 cm³/mol. The maximum Gasteiger partial charge on any atom is 0.0474 e. The van der Waals surface area contributed by atoms with E-state index in [2.05, 4.69) is 45.6 Å². The molecule has 0 saturated heterocycles. The Labute approximate surface area is 125 Å². The molecule has 0 atom stereocenters. The molecule has 0 amide bonds. The number of hydrogen-bond acceptors (Lipinski definition) is 3. The lowest BCUT2D eigenvalue weighted by atomic mass is 10.2. The highest BCUT2D eigenvalue weighted by Crippen LogP contribution is 2.00. The van der Waals surface area contributed by atoms with Crippen LogP contribution in [0.3, 0.4) is 0 Å². The largest absolute Gasteiger partial charge is 0.360 e. The molecule has 0 aliphatic heterocycles. The van der Waals surface area contributed by atoms with Gasteiger partial charge in [0.2, 0.25) is 0 Å². The standard InChI is InChI=1S/C17H22N4/c1-14-7-8-16(12-20-13-17(9-18)21-14)11-19-10-15-5-3-2-4-6-15/h2-8,12-13,19,21H,9-11,18H2,1H3. The minimum absolute atomic E-state index is 0.449. The molecule has 0 radical (unpaired) electrons. The summed E-state index contributed by atoms with van der Waals surface area (Å²) in [7, 11) is 0. The van der Waals surface area contributed by atoms with Gasteiger partial charge in [-0.2, -0.15) is 0 Å². The summed E-state index contributed by atoms with van der Waals surface area (Å²) in [5.41, 5.74) is 10.0. The third kappa shape index (κ3) is 5.38. The van der Waals surface area contributed by atoms with Gasteiger partial charge in [-0.3, -0.25) is 4.98 Å². The fourth-order valence-electron chi connectivity index (χ4n) is 1.98. The molecule has 0 spiro atoms. The van der Waals surface area contributed by atoms with Crippen LogP contribution in [0.15, 0.2) is 54.9 Å². The number of nitrogens with two attached hydrogens (primary N) is 1. The lowest BCUT2D eigenvalue weighted by Gasteiger charge is -2.03. The summed E-state index contributed by atoms with van der Waals surface area (Å²) in [5, 5.41) is 3.43. The topological polar surface area (TPSA) is 66.7 Å². The van der Waals surface area contributed by atoms with Crippen LogP contribution in [0.1, 0.15) is 22.5 Å². The summed E-state index contributed by atoms with van der Waals surface area (Å²) in [4.78, 5) is 7.54. The van der Waals surface area contributed by atoms with E-state index in [4.69, 9.17) is 5.73 Å². The molecular formula is C17H22N4. The molecule has 0 bridgehead atoms. The Hall–Kier alpha value is -2.17. The van der Waals surface area contributed by atoms with E-state index in [9.17, 15) is 0 Å². The monoisotopic (exact) mass is 282 g/mol. The van der Waals surface area contributed by atoms with Gasteiger partial charge in [-0.05, 0) is 24.1 Å². The normalized spacial score (nSPS) is 10.2. The van der Waals surface area contributed by atoms with Crippen LogP contribution in [-0.2, 0) is 19.6 Å². The van der Waals surface area contributed by atoms with Crippen LogP contribution >= 0.6 is 0 Å². The van der Waals surface area contributed by atoms with Crippen molar-refractivity contribution >= 4 is 0 Å². The molecule has 0 unspecified atom stereocenters. The van der Waals surface area contributed by atoms with Gasteiger partial charge in [-0.25, -0.2) is 0 Å². The molecule has 4 heteroatoms. The van der Waals surface area contributed by atoms with Crippen molar-refractivity contribution in [2.24, 2.45) is 5.73 Å². The highest BCUT2D eigenvalue weighted by molar-refractivity contribution is 5.15. The van der Waals surface area contributed by atoms with Gasteiger partial charge in [0.1, 0.15) is 0 Å². The third-order valence-corrected chi connectivity index (χ3v) is 3.10. The van der Waals surface area contributed by atoms with Crippen LogP contribution in [0, 0.1) is 6.92 Å². The highest BCUT2D eigenvalue weighted by atomic mass is 14.9. The van der Waals surface area contributed by atoms with Crippen molar-refractivity contribution in [3.8, 4) is 0 Å². The summed E-state index contributed by atoms with van der Waals surface area (Å²) >= 11 is 0. The number of rotatable bonds is 5. The number of benzene rings is 1. The van der Waals surface area contributed by atoms with Crippen molar-refractivity contribution < 1.29 is 0 Å². The Bertz CT molecular complexity index is 603. The number of hydrogen-bond donors (Lipinski definition) is 3. The maximum atomic E-state index is 5.65. The molecule has 0 aliphatic rings. The quantitative estimate of drug-likeness (QED) is 0.789. The van der Waals surface area contributed by atoms with Crippen molar-refractivity contribution in [2.45, 2.75) is 26.6 Å². The molecule has 2 aromatic rings. The molecule has 1 heterocycles. The molecular weight excluding hydrogens is 260 g/mol. The summed E-state index contributed by atoms with van der Waals surface area (Å²) < 4.78 is 0. The second-order valence-electron chi connectivity index (χ2n) is 4.94. The molecule has 110 valence electrons. The van der Waals surface area contributed by atoms with E-state index in [-0.39, 0.29) is 0 Å². The molecule has 0 fully saturated rings. The van der Waals surface area contributed by atoms with Crippen LogP contribution in [0.4, 0.5) is 0 Å². The minimum atomic E-state index is 0.449. The van der Waals surface area contributed by atoms with Gasteiger partial charge in [0.15, 0.2) is 0 Å². The zero-order valence-electron chi connectivity index (χ0n) is 12.3. The van der Waals surface area contributed by atoms with E-state index in [1.165, 1.54) is 5.56 Å². The molecule has 21 heavy (non-hydrogen) atoms. The zero-order chi connectivity index (χ0) is 14.9. The summed E-state index contributed by atoms with van der Waals surface area (Å²) in [6.07, 6.45) is 3.64. The Balaban J connectivity index is 2.04. The van der Waals surface area contributed by atoms with E-state index in [0.717, 1.165) is 30.0 Å². The Morgan fingerprint density at radius 1 is 1.00 bits per heavy atom. The molecule has 1 aromatic heterocycles. The Morgan fingerprint density at radius 3 is 2.52 bits per heavy atom. The van der Waals surface area contributed by atoms with Gasteiger partial charge in [0, 0.05) is 43.4 Å². The zero-order valence-corrected chi connectivity index (χ0v) is 12.3. The summed E-state index contributed by atoms with van der Waals surface area (Å²) in [6.45, 7) is 4.08. The van der Waals surface area contributed by atoms with Crippen LogP contribution in [0.5, 0.6) is 0 Å². The number of aromatic nitrogens is 2. The first-order chi connectivity index (χ1) is 10.3. The van der Waals surface area contributed by atoms with Crippen molar-refractivity contribution in [3.05, 3.63) is 77.4 Å². The van der Waals surface area contributed by atoms with Crippen molar-refractivity contribution in [1.82, 2.24) is 15.3 Å². The minimum Gasteiger partial charge on any atom is -0.360 e. The van der Waals surface area contributed by atoms with Crippen LogP contribution in [0.2, 0.25) is 0 Å². The van der Waals surface area contributed by atoms with Crippen LogP contribution in [-0.4, -0.2) is 9.97 Å². The number of nitrogens with one attached hydrogen (secondary N) is 2. The van der Waals surface area contributed by atoms with E-state index in [0.29, 0.717) is 6.54 Å². The van der Waals surface area contributed by atoms with Crippen LogP contribution in [0.25, 0.3) is 0 Å². The van der Waals surface area contributed by atoms with Crippen LogP contribution < -0.4 is 11.1 Å². The first-order valence-electron chi connectivity index (χ1n) is 7.09. The SMILES string of the molecule is Cc1ccc(CNCc2ccccc2)cncc(CN)[nH]1. The average molecular weight is 282 g/mol. The predicted octanol–water partition coefficient (Wildman–Crippen LogP) is 2.59. The first-order valence-corrected chi connectivity index (χ1v) is 7.09. The highest BCUT2D eigenvalue weighted by Gasteiger charge is 1.93.